The number of nitrogens with zero attached hydrogens (tertiary/aromatic N) is 3. The van der Waals surface area contributed by atoms with E-state index < -0.39 is 12.2 Å². The van der Waals surface area contributed by atoms with Crippen molar-refractivity contribution in [2.75, 3.05) is 22.1 Å². The number of amides is 2. The number of nitriles is 2. The molecule has 4 aromatic rings. The van der Waals surface area contributed by atoms with Crippen LogP contribution in [0.4, 0.5) is 11.4 Å². The first-order valence-electron chi connectivity index (χ1n) is 14.2. The Labute approximate surface area is 264 Å². The van der Waals surface area contributed by atoms with E-state index in [1.54, 1.807) is 54.6 Å². The van der Waals surface area contributed by atoms with Crippen LogP contribution in [0.3, 0.4) is 0 Å². The highest BCUT2D eigenvalue weighted by Crippen LogP contribution is 2.39. The van der Waals surface area contributed by atoms with Crippen LogP contribution in [0.15, 0.2) is 97.1 Å². The van der Waals surface area contributed by atoms with E-state index in [0.29, 0.717) is 46.0 Å². The third kappa shape index (κ3) is 6.91. The zero-order valence-electron chi connectivity index (χ0n) is 23.8. The van der Waals surface area contributed by atoms with Gasteiger partial charge in [0.15, 0.2) is 0 Å². The van der Waals surface area contributed by atoms with E-state index >= 15 is 0 Å². The van der Waals surface area contributed by atoms with E-state index in [4.69, 9.17) is 20.0 Å². The molecule has 2 unspecified atom stereocenters. The average Bonchev–Trinajstić information content (AvgIpc) is 3.07. The fourth-order valence-electron chi connectivity index (χ4n) is 5.01. The fraction of sp³-hybridized carbons (Fsp3) is 0.200. The molecule has 0 saturated heterocycles. The molecule has 0 radical (unpaired) electrons. The predicted molar refractivity (Wildman–Crippen MR) is 171 cm³/mol. The summed E-state index contributed by atoms with van der Waals surface area (Å²) < 4.78 is 11.7. The van der Waals surface area contributed by atoms with E-state index in [-0.39, 0.29) is 11.8 Å². The normalized spacial score (nSPS) is 16.4. The van der Waals surface area contributed by atoms with Crippen molar-refractivity contribution < 1.29 is 19.1 Å². The topological polar surface area (TPSA) is 115 Å². The number of halogens is 1. The van der Waals surface area contributed by atoms with Gasteiger partial charge in [0.2, 0.25) is 12.2 Å². The molecule has 1 N–H and O–H groups in total. The first-order valence-corrected chi connectivity index (χ1v) is 15.3. The molecule has 9 heteroatoms. The van der Waals surface area contributed by atoms with E-state index in [2.05, 4.69) is 33.4 Å². The lowest BCUT2D eigenvalue weighted by atomic mass is 10.0. The van der Waals surface area contributed by atoms with Crippen molar-refractivity contribution in [2.24, 2.45) is 0 Å². The summed E-state index contributed by atoms with van der Waals surface area (Å²) in [5, 5.41) is 21.8. The maximum absolute atomic E-state index is 13.1. The molecule has 0 aliphatic carbocycles. The first kappa shape index (κ1) is 30.3. The van der Waals surface area contributed by atoms with Crippen molar-refractivity contribution in [1.29, 1.82) is 10.5 Å². The maximum Gasteiger partial charge on any atom is 0.272 e. The van der Waals surface area contributed by atoms with E-state index in [0.717, 1.165) is 30.3 Å². The Kier molecular flexibility index (Phi) is 9.91. The Morgan fingerprint density at radius 3 is 2.02 bits per heavy atom. The molecule has 2 heterocycles. The minimum atomic E-state index is -0.719. The van der Waals surface area contributed by atoms with Gasteiger partial charge in [0.05, 0.1) is 34.6 Å². The standard InChI is InChI=1S/C20H19BrN2O2.C15H10N2O2/c21-11-4-1-5-12-23-17-9-2-3-10-18(17)25-19(20(23)24)16-8-6-7-15(13-16)14-22;16-9-10-4-3-5-11(8-10)14-15(18)17-12-6-1-2-7-13(12)19-14/h2-3,6-10,13,19H,1,4-5,11-12H2;1-8,14H,(H,17,18). The lowest BCUT2D eigenvalue weighted by Crippen LogP contribution is -2.41. The quantitative estimate of drug-likeness (QED) is 0.167. The van der Waals surface area contributed by atoms with Crippen molar-refractivity contribution in [3.63, 3.8) is 0 Å². The number of nitrogens with one attached hydrogen (secondary N) is 1. The van der Waals surface area contributed by atoms with Crippen LogP contribution in [0.25, 0.3) is 0 Å². The molecule has 4 aromatic carbocycles. The summed E-state index contributed by atoms with van der Waals surface area (Å²) in [6.45, 7) is 0.667. The lowest BCUT2D eigenvalue weighted by molar-refractivity contribution is -0.126. The summed E-state index contributed by atoms with van der Waals surface area (Å²) in [4.78, 5) is 26.9. The van der Waals surface area contributed by atoms with Gasteiger partial charge < -0.3 is 19.7 Å². The summed E-state index contributed by atoms with van der Waals surface area (Å²) in [5.41, 5.74) is 3.90. The van der Waals surface area contributed by atoms with Gasteiger partial charge in [0.25, 0.3) is 11.8 Å². The third-order valence-corrected chi connectivity index (χ3v) is 7.73. The van der Waals surface area contributed by atoms with Crippen LogP contribution in [0.1, 0.15) is 53.7 Å². The highest BCUT2D eigenvalue weighted by molar-refractivity contribution is 9.09. The largest absolute Gasteiger partial charge is 0.474 e. The predicted octanol–water partition coefficient (Wildman–Crippen LogP) is 7.22. The number of carbonyl (C=O) groups is 2. The number of unbranched alkanes of at least 4 members (excludes halogenated alkanes) is 2. The van der Waals surface area contributed by atoms with Crippen molar-refractivity contribution >= 4 is 39.1 Å². The monoisotopic (exact) mass is 648 g/mol. The number of para-hydroxylation sites is 4. The Hall–Kier alpha value is -5.12. The van der Waals surface area contributed by atoms with Gasteiger partial charge in [0, 0.05) is 23.0 Å². The molecule has 2 amide bonds. The molecule has 6 rings (SSSR count). The number of alkyl halides is 1. The van der Waals surface area contributed by atoms with Gasteiger partial charge in [-0.15, -0.1) is 0 Å². The summed E-state index contributed by atoms with van der Waals surface area (Å²) in [6.07, 6.45) is 1.67. The molecule has 2 aliphatic rings. The Bertz CT molecular complexity index is 1750. The molecule has 220 valence electrons. The number of rotatable bonds is 7. The zero-order valence-corrected chi connectivity index (χ0v) is 25.4. The smallest absolute Gasteiger partial charge is 0.272 e. The van der Waals surface area contributed by atoms with Gasteiger partial charge in [-0.2, -0.15) is 10.5 Å². The van der Waals surface area contributed by atoms with Gasteiger partial charge in [-0.25, -0.2) is 0 Å². The molecular weight excluding hydrogens is 620 g/mol. The Morgan fingerprint density at radius 1 is 0.727 bits per heavy atom. The maximum atomic E-state index is 13.1. The van der Waals surface area contributed by atoms with Gasteiger partial charge in [-0.05, 0) is 61.4 Å². The summed E-state index contributed by atoms with van der Waals surface area (Å²) in [6, 6.07) is 33.0. The van der Waals surface area contributed by atoms with E-state index in [1.807, 2.05) is 47.4 Å². The van der Waals surface area contributed by atoms with Crippen molar-refractivity contribution in [3.05, 3.63) is 119 Å². The van der Waals surface area contributed by atoms with Crippen molar-refractivity contribution in [3.8, 4) is 23.6 Å². The van der Waals surface area contributed by atoms with Gasteiger partial charge in [-0.3, -0.25) is 9.59 Å². The SMILES string of the molecule is N#Cc1cccc(C2Oc3ccccc3N(CCCCCBr)C2=O)c1.N#Cc1cccc(C2Oc3ccccc3NC2=O)c1. The molecule has 0 spiro atoms. The molecule has 44 heavy (non-hydrogen) atoms. The zero-order chi connectivity index (χ0) is 30.9. The molecule has 0 saturated carbocycles. The van der Waals surface area contributed by atoms with Crippen LogP contribution in [-0.4, -0.2) is 23.7 Å². The first-order chi connectivity index (χ1) is 21.5. The molecular formula is C35H29BrN4O4. The number of fused-ring (bicyclic) bond motifs is 2. The molecule has 0 aromatic heterocycles. The van der Waals surface area contributed by atoms with Crippen LogP contribution in [0.5, 0.6) is 11.5 Å². The average molecular weight is 650 g/mol. The third-order valence-electron chi connectivity index (χ3n) is 7.17. The lowest BCUT2D eigenvalue weighted by Gasteiger charge is -2.34. The van der Waals surface area contributed by atoms with Crippen LogP contribution in [-0.2, 0) is 9.59 Å². The fourth-order valence-corrected chi connectivity index (χ4v) is 5.41. The van der Waals surface area contributed by atoms with E-state index in [1.165, 1.54) is 0 Å². The number of hydrogen-bond donors (Lipinski definition) is 1. The number of ether oxygens (including phenoxy) is 2. The van der Waals surface area contributed by atoms with Gasteiger partial charge in [-0.1, -0.05) is 70.9 Å². The molecule has 2 aliphatic heterocycles. The highest BCUT2D eigenvalue weighted by Gasteiger charge is 2.35. The Balaban J connectivity index is 0.000000181. The number of anilines is 2. The van der Waals surface area contributed by atoms with Gasteiger partial charge >= 0.3 is 0 Å². The van der Waals surface area contributed by atoms with Gasteiger partial charge in [0.1, 0.15) is 11.5 Å². The molecule has 0 fully saturated rings. The van der Waals surface area contributed by atoms with Crippen LogP contribution in [0.2, 0.25) is 0 Å². The minimum Gasteiger partial charge on any atom is -0.474 e. The summed E-state index contributed by atoms with van der Waals surface area (Å²) in [5.74, 6) is 1.03. The van der Waals surface area contributed by atoms with Crippen molar-refractivity contribution in [1.82, 2.24) is 0 Å². The summed E-state index contributed by atoms with van der Waals surface area (Å²) >= 11 is 3.44. The second-order valence-corrected chi connectivity index (χ2v) is 11.0. The number of hydrogen-bond acceptors (Lipinski definition) is 6. The van der Waals surface area contributed by atoms with Crippen LogP contribution in [0, 0.1) is 22.7 Å². The second-order valence-electron chi connectivity index (χ2n) is 10.2. The van der Waals surface area contributed by atoms with Crippen LogP contribution >= 0.6 is 15.9 Å². The van der Waals surface area contributed by atoms with Crippen molar-refractivity contribution in [2.45, 2.75) is 31.5 Å². The number of benzene rings is 4. The second kappa shape index (κ2) is 14.4. The summed E-state index contributed by atoms with van der Waals surface area (Å²) in [7, 11) is 0. The van der Waals surface area contributed by atoms with E-state index in [9.17, 15) is 9.59 Å². The van der Waals surface area contributed by atoms with Crippen LogP contribution < -0.4 is 19.7 Å². The molecule has 0 bridgehead atoms. The minimum absolute atomic E-state index is 0.0763. The Morgan fingerprint density at radius 2 is 1.34 bits per heavy atom. The number of carbonyl (C=O) groups excluding carboxylic acids is 2. The highest BCUT2D eigenvalue weighted by atomic mass is 79.9. The molecule has 8 nitrogen and oxygen atoms in total. The molecule has 2 atom stereocenters.